The average Bonchev–Trinajstić information content (AvgIpc) is 2.54. The molecule has 62 valence electrons. The van der Waals surface area contributed by atoms with Gasteiger partial charge in [-0.1, -0.05) is 30.3 Å². The van der Waals surface area contributed by atoms with Crippen LogP contribution >= 0.6 is 12.2 Å². The number of rotatable bonds is 1. The van der Waals surface area contributed by atoms with Crippen molar-refractivity contribution in [3.05, 3.63) is 35.9 Å². The lowest BCUT2D eigenvalue weighted by atomic mass is 10.1. The van der Waals surface area contributed by atoms with Gasteiger partial charge in [-0.2, -0.15) is 0 Å². The van der Waals surface area contributed by atoms with Crippen LogP contribution in [0.5, 0.6) is 0 Å². The molecule has 1 saturated heterocycles. The van der Waals surface area contributed by atoms with Crippen LogP contribution in [0.15, 0.2) is 30.3 Å². The van der Waals surface area contributed by atoms with Gasteiger partial charge in [0.2, 0.25) is 0 Å². The Hall–Kier alpha value is -1.09. The highest BCUT2D eigenvalue weighted by Gasteiger charge is 2.22. The first-order valence-corrected chi connectivity index (χ1v) is 4.15. The molecule has 0 bridgehead atoms. The van der Waals surface area contributed by atoms with Crippen LogP contribution in [-0.4, -0.2) is 11.8 Å². The number of hydrogen-bond acceptors (Lipinski definition) is 3. The molecule has 1 aromatic carbocycles. The van der Waals surface area contributed by atoms with Crippen molar-refractivity contribution in [1.29, 1.82) is 0 Å². The summed E-state index contributed by atoms with van der Waals surface area (Å²) in [6.45, 7) is 0.531. The van der Waals surface area contributed by atoms with E-state index in [0.717, 1.165) is 5.56 Å². The summed E-state index contributed by atoms with van der Waals surface area (Å²) in [5, 5.41) is 0.254. The molecule has 0 saturated carbocycles. The molecule has 1 unspecified atom stereocenters. The molecule has 0 aliphatic carbocycles. The minimum absolute atomic E-state index is 0.0151. The molecule has 1 heterocycles. The quantitative estimate of drug-likeness (QED) is 0.616. The van der Waals surface area contributed by atoms with Crippen LogP contribution < -0.4 is 0 Å². The lowest BCUT2D eigenvalue weighted by Crippen LogP contribution is -1.98. The Morgan fingerprint density at radius 1 is 1.25 bits per heavy atom. The second kappa shape index (κ2) is 3.11. The van der Waals surface area contributed by atoms with E-state index in [-0.39, 0.29) is 11.3 Å². The van der Waals surface area contributed by atoms with Crippen LogP contribution in [0.25, 0.3) is 0 Å². The van der Waals surface area contributed by atoms with Crippen LogP contribution in [0.2, 0.25) is 0 Å². The molecule has 0 N–H and O–H groups in total. The summed E-state index contributed by atoms with van der Waals surface area (Å²) in [4.78, 5) is 0. The van der Waals surface area contributed by atoms with E-state index in [1.165, 1.54) is 0 Å². The number of hydrogen-bond donors (Lipinski definition) is 0. The molecular weight excluding hydrogens is 172 g/mol. The SMILES string of the molecule is S=C1OCC(c2ccccc2)O1. The van der Waals surface area contributed by atoms with Crippen molar-refractivity contribution in [3.8, 4) is 0 Å². The van der Waals surface area contributed by atoms with Crippen molar-refractivity contribution in [2.24, 2.45) is 0 Å². The Bertz CT molecular complexity index is 284. The Kier molecular flexibility index (Phi) is 1.96. The monoisotopic (exact) mass is 180 g/mol. The molecule has 1 fully saturated rings. The van der Waals surface area contributed by atoms with Crippen LogP contribution in [0.3, 0.4) is 0 Å². The van der Waals surface area contributed by atoms with Crippen molar-refractivity contribution in [3.63, 3.8) is 0 Å². The normalized spacial score (nSPS) is 21.7. The molecule has 0 radical (unpaired) electrons. The number of benzene rings is 1. The Morgan fingerprint density at radius 2 is 2.00 bits per heavy atom. The Balaban J connectivity index is 2.16. The van der Waals surface area contributed by atoms with Gasteiger partial charge in [-0.15, -0.1) is 0 Å². The molecule has 2 nitrogen and oxygen atoms in total. The van der Waals surface area contributed by atoms with E-state index in [2.05, 4.69) is 0 Å². The van der Waals surface area contributed by atoms with Gasteiger partial charge in [0.25, 0.3) is 0 Å². The van der Waals surface area contributed by atoms with Gasteiger partial charge in [0, 0.05) is 12.2 Å². The predicted molar refractivity (Wildman–Crippen MR) is 48.8 cm³/mol. The Labute approximate surface area is 76.1 Å². The van der Waals surface area contributed by atoms with E-state index < -0.39 is 0 Å². The third-order valence-electron chi connectivity index (χ3n) is 1.76. The van der Waals surface area contributed by atoms with Gasteiger partial charge in [-0.25, -0.2) is 0 Å². The second-order valence-electron chi connectivity index (χ2n) is 2.58. The summed E-state index contributed by atoms with van der Waals surface area (Å²) < 4.78 is 10.3. The Morgan fingerprint density at radius 3 is 2.58 bits per heavy atom. The standard InChI is InChI=1S/C9H8O2S/c12-9-10-6-8(11-9)7-4-2-1-3-5-7/h1-5,8H,6H2. The first-order valence-electron chi connectivity index (χ1n) is 3.74. The summed E-state index contributed by atoms with van der Waals surface area (Å²) in [5.74, 6) is 0. The van der Waals surface area contributed by atoms with E-state index in [1.807, 2.05) is 30.3 Å². The molecule has 1 aromatic rings. The fraction of sp³-hybridized carbons (Fsp3) is 0.222. The van der Waals surface area contributed by atoms with Crippen molar-refractivity contribution < 1.29 is 9.47 Å². The van der Waals surface area contributed by atoms with E-state index in [1.54, 1.807) is 0 Å². The summed E-state index contributed by atoms with van der Waals surface area (Å²) in [7, 11) is 0. The van der Waals surface area contributed by atoms with Crippen molar-refractivity contribution >= 4 is 17.5 Å². The topological polar surface area (TPSA) is 18.5 Å². The summed E-state index contributed by atoms with van der Waals surface area (Å²) in [6, 6.07) is 9.92. The highest BCUT2D eigenvalue weighted by atomic mass is 32.1. The zero-order valence-electron chi connectivity index (χ0n) is 6.40. The van der Waals surface area contributed by atoms with Crippen molar-refractivity contribution in [2.45, 2.75) is 6.10 Å². The first kappa shape index (κ1) is 7.55. The van der Waals surface area contributed by atoms with Gasteiger partial charge in [0.1, 0.15) is 6.61 Å². The van der Waals surface area contributed by atoms with Gasteiger partial charge in [-0.05, 0) is 5.56 Å². The molecular formula is C9H8O2S. The van der Waals surface area contributed by atoms with Gasteiger partial charge in [-0.3, -0.25) is 0 Å². The van der Waals surface area contributed by atoms with Crippen LogP contribution in [0.4, 0.5) is 0 Å². The summed E-state index contributed by atoms with van der Waals surface area (Å²) in [6.07, 6.45) is -0.0151. The minimum atomic E-state index is -0.0151. The van der Waals surface area contributed by atoms with Crippen molar-refractivity contribution in [1.82, 2.24) is 0 Å². The molecule has 1 aliphatic heterocycles. The number of ether oxygens (including phenoxy) is 2. The predicted octanol–water partition coefficient (Wildman–Crippen LogP) is 2.06. The summed E-state index contributed by atoms with van der Waals surface area (Å²) >= 11 is 4.75. The molecule has 1 aliphatic rings. The first-order chi connectivity index (χ1) is 5.86. The smallest absolute Gasteiger partial charge is 0.353 e. The fourth-order valence-electron chi connectivity index (χ4n) is 1.16. The molecule has 2 rings (SSSR count). The average molecular weight is 180 g/mol. The third kappa shape index (κ3) is 1.41. The zero-order chi connectivity index (χ0) is 8.39. The third-order valence-corrected chi connectivity index (χ3v) is 1.98. The highest BCUT2D eigenvalue weighted by molar-refractivity contribution is 7.79. The van der Waals surface area contributed by atoms with Crippen LogP contribution in [0.1, 0.15) is 11.7 Å². The second-order valence-corrected chi connectivity index (χ2v) is 2.91. The van der Waals surface area contributed by atoms with E-state index >= 15 is 0 Å². The minimum Gasteiger partial charge on any atom is -0.453 e. The molecule has 0 aromatic heterocycles. The maximum atomic E-state index is 5.26. The van der Waals surface area contributed by atoms with E-state index in [0.29, 0.717) is 6.61 Å². The van der Waals surface area contributed by atoms with Crippen LogP contribution in [-0.2, 0) is 9.47 Å². The van der Waals surface area contributed by atoms with Crippen LogP contribution in [0, 0.1) is 0 Å². The highest BCUT2D eigenvalue weighted by Crippen LogP contribution is 2.23. The molecule has 3 heteroatoms. The fourth-order valence-corrected chi connectivity index (χ4v) is 1.34. The lowest BCUT2D eigenvalue weighted by molar-refractivity contribution is 0.236. The molecule has 0 spiro atoms. The zero-order valence-corrected chi connectivity index (χ0v) is 7.21. The van der Waals surface area contributed by atoms with Gasteiger partial charge < -0.3 is 9.47 Å². The van der Waals surface area contributed by atoms with Gasteiger partial charge in [0.15, 0.2) is 6.10 Å². The molecule has 0 amide bonds. The maximum absolute atomic E-state index is 5.26. The van der Waals surface area contributed by atoms with Gasteiger partial charge in [0.05, 0.1) is 0 Å². The summed E-state index contributed by atoms with van der Waals surface area (Å²) in [5.41, 5.74) is 1.11. The molecule has 1 atom stereocenters. The largest absolute Gasteiger partial charge is 0.453 e. The molecule has 12 heavy (non-hydrogen) atoms. The van der Waals surface area contributed by atoms with E-state index in [4.69, 9.17) is 21.7 Å². The maximum Gasteiger partial charge on any atom is 0.353 e. The van der Waals surface area contributed by atoms with Crippen molar-refractivity contribution in [2.75, 3.05) is 6.61 Å². The van der Waals surface area contributed by atoms with Gasteiger partial charge >= 0.3 is 5.24 Å². The number of thiocarbonyl (C=S) groups is 1. The lowest BCUT2D eigenvalue weighted by Gasteiger charge is -2.05. The van der Waals surface area contributed by atoms with E-state index in [9.17, 15) is 0 Å².